The molecule has 0 fully saturated rings. The quantitative estimate of drug-likeness (QED) is 0.316. The molecule has 178 valence electrons. The van der Waals surface area contributed by atoms with E-state index < -0.39 is 0 Å². The average molecular weight is 576 g/mol. The average Bonchev–Trinajstić information content (AvgIpc) is 3.56. The molecule has 0 saturated carbocycles. The molecule has 0 aromatic heterocycles. The van der Waals surface area contributed by atoms with E-state index in [0.717, 1.165) is 41.3 Å². The van der Waals surface area contributed by atoms with E-state index in [4.69, 9.17) is 0 Å². The zero-order valence-corrected chi connectivity index (χ0v) is 22.7. The molecule has 2 atom stereocenters. The van der Waals surface area contributed by atoms with E-state index in [2.05, 4.69) is 44.0 Å². The van der Waals surface area contributed by atoms with Gasteiger partial charge >= 0.3 is 0 Å². The van der Waals surface area contributed by atoms with Crippen LogP contribution in [0.2, 0.25) is 0 Å². The number of benzene rings is 2. The summed E-state index contributed by atoms with van der Waals surface area (Å²) in [6.07, 6.45) is 8.95. The van der Waals surface area contributed by atoms with Crippen molar-refractivity contribution in [1.29, 1.82) is 0 Å². The number of fused-ring (bicyclic) bond motifs is 4. The summed E-state index contributed by atoms with van der Waals surface area (Å²) >= 11 is 7.34. The van der Waals surface area contributed by atoms with Crippen molar-refractivity contribution >= 4 is 43.4 Å². The SMILES string of the molecule is C.CC.CC1Cc2c(Br)c3c(c(Br)c2C1=O)CCC3.CC1Cc2cc3c(cc2C1=O)CCC3. The molecular formula is C29H36Br2O2. The van der Waals surface area contributed by atoms with E-state index in [1.807, 2.05) is 27.7 Å². The lowest BCUT2D eigenvalue weighted by molar-refractivity contribution is 0.0938. The minimum atomic E-state index is 0. The van der Waals surface area contributed by atoms with Crippen LogP contribution in [0.4, 0.5) is 0 Å². The molecule has 2 nitrogen and oxygen atoms in total. The molecule has 4 aliphatic rings. The van der Waals surface area contributed by atoms with Crippen molar-refractivity contribution in [3.63, 3.8) is 0 Å². The first-order valence-corrected chi connectivity index (χ1v) is 13.7. The Morgan fingerprint density at radius 1 is 0.697 bits per heavy atom. The molecular weight excluding hydrogens is 540 g/mol. The van der Waals surface area contributed by atoms with Crippen molar-refractivity contribution in [2.24, 2.45) is 11.8 Å². The van der Waals surface area contributed by atoms with E-state index in [1.165, 1.54) is 63.5 Å². The van der Waals surface area contributed by atoms with Crippen LogP contribution in [0.25, 0.3) is 0 Å². The van der Waals surface area contributed by atoms with Gasteiger partial charge in [0, 0.05) is 31.9 Å². The minimum Gasteiger partial charge on any atom is -0.294 e. The van der Waals surface area contributed by atoms with Crippen LogP contribution in [0, 0.1) is 11.8 Å². The van der Waals surface area contributed by atoms with E-state index in [1.54, 1.807) is 0 Å². The smallest absolute Gasteiger partial charge is 0.167 e. The Labute approximate surface area is 216 Å². The van der Waals surface area contributed by atoms with Gasteiger partial charge in [0.2, 0.25) is 0 Å². The summed E-state index contributed by atoms with van der Waals surface area (Å²) in [5.41, 5.74) is 10.2. The highest BCUT2D eigenvalue weighted by atomic mass is 79.9. The van der Waals surface area contributed by atoms with Gasteiger partial charge < -0.3 is 0 Å². The molecule has 0 radical (unpaired) electrons. The Morgan fingerprint density at radius 2 is 1.24 bits per heavy atom. The van der Waals surface area contributed by atoms with Crippen molar-refractivity contribution in [2.75, 3.05) is 0 Å². The third-order valence-corrected chi connectivity index (χ3v) is 9.13. The van der Waals surface area contributed by atoms with Gasteiger partial charge in [-0.15, -0.1) is 0 Å². The Balaban J connectivity index is 0.000000169. The molecule has 0 bridgehead atoms. The third-order valence-electron chi connectivity index (χ3n) is 7.30. The fraction of sp³-hybridized carbons (Fsp3) is 0.517. The topological polar surface area (TPSA) is 34.1 Å². The van der Waals surface area contributed by atoms with Crippen LogP contribution in [0.15, 0.2) is 21.1 Å². The van der Waals surface area contributed by atoms with Crippen LogP contribution in [0.3, 0.4) is 0 Å². The highest BCUT2D eigenvalue weighted by Crippen LogP contribution is 2.44. The fourth-order valence-corrected chi connectivity index (χ4v) is 7.33. The van der Waals surface area contributed by atoms with Gasteiger partial charge in [-0.1, -0.05) is 57.1 Å². The van der Waals surface area contributed by atoms with Crippen molar-refractivity contribution in [2.45, 2.75) is 86.5 Å². The zero-order chi connectivity index (χ0) is 23.2. The fourth-order valence-electron chi connectivity index (χ4n) is 5.66. The summed E-state index contributed by atoms with van der Waals surface area (Å²) in [5, 5.41) is 0. The molecule has 6 rings (SSSR count). The molecule has 0 saturated heterocycles. The van der Waals surface area contributed by atoms with Gasteiger partial charge in [0.1, 0.15) is 0 Å². The molecule has 4 aliphatic carbocycles. The van der Waals surface area contributed by atoms with Gasteiger partial charge in [-0.05, 0) is 107 Å². The monoisotopic (exact) mass is 574 g/mol. The summed E-state index contributed by atoms with van der Waals surface area (Å²) in [6.45, 7) is 8.06. The summed E-state index contributed by atoms with van der Waals surface area (Å²) in [4.78, 5) is 23.9. The molecule has 2 unspecified atom stereocenters. The molecule has 33 heavy (non-hydrogen) atoms. The van der Waals surface area contributed by atoms with Crippen LogP contribution >= 0.6 is 31.9 Å². The lowest BCUT2D eigenvalue weighted by Crippen LogP contribution is -2.04. The maximum atomic E-state index is 12.1. The number of hydrogen-bond acceptors (Lipinski definition) is 2. The van der Waals surface area contributed by atoms with Crippen molar-refractivity contribution in [1.82, 2.24) is 0 Å². The van der Waals surface area contributed by atoms with Gasteiger partial charge in [-0.2, -0.15) is 0 Å². The van der Waals surface area contributed by atoms with E-state index in [0.29, 0.717) is 11.6 Å². The predicted octanol–water partition coefficient (Wildman–Crippen LogP) is 8.29. The second-order valence-electron chi connectivity index (χ2n) is 9.36. The highest BCUT2D eigenvalue weighted by molar-refractivity contribution is 9.11. The number of Topliss-reactive ketones (excluding diaryl/α,β-unsaturated/α-hetero) is 2. The highest BCUT2D eigenvalue weighted by Gasteiger charge is 2.35. The molecule has 0 aliphatic heterocycles. The Bertz CT molecular complexity index is 1100. The maximum absolute atomic E-state index is 12.1. The van der Waals surface area contributed by atoms with Gasteiger partial charge in [0.15, 0.2) is 11.6 Å². The van der Waals surface area contributed by atoms with Gasteiger partial charge in [0.05, 0.1) is 0 Å². The van der Waals surface area contributed by atoms with Crippen molar-refractivity contribution < 1.29 is 9.59 Å². The lowest BCUT2D eigenvalue weighted by Gasteiger charge is -2.11. The molecule has 2 aromatic rings. The van der Waals surface area contributed by atoms with Crippen LogP contribution in [0.1, 0.15) is 102 Å². The normalized spacial score (nSPS) is 21.2. The van der Waals surface area contributed by atoms with Crippen molar-refractivity contribution in [3.8, 4) is 0 Å². The van der Waals surface area contributed by atoms with E-state index in [9.17, 15) is 9.59 Å². The number of ketones is 2. The predicted molar refractivity (Wildman–Crippen MR) is 145 cm³/mol. The van der Waals surface area contributed by atoms with Crippen LogP contribution in [-0.4, -0.2) is 11.6 Å². The Morgan fingerprint density at radius 3 is 1.91 bits per heavy atom. The first kappa shape index (κ1) is 26.3. The summed E-state index contributed by atoms with van der Waals surface area (Å²) in [7, 11) is 0. The molecule has 2 aromatic carbocycles. The number of rotatable bonds is 0. The van der Waals surface area contributed by atoms with Crippen LogP contribution in [0.5, 0.6) is 0 Å². The van der Waals surface area contributed by atoms with Gasteiger partial charge in [0.25, 0.3) is 0 Å². The maximum Gasteiger partial charge on any atom is 0.167 e. The first-order chi connectivity index (χ1) is 15.4. The van der Waals surface area contributed by atoms with Gasteiger partial charge in [-0.25, -0.2) is 0 Å². The second-order valence-corrected chi connectivity index (χ2v) is 10.9. The Hall–Kier alpha value is -1.26. The standard InChI is InChI=1S/C13H12Br2O.C13H14O.C2H6.CH4/c1-6-5-9-10(13(6)16)12(15)8-4-2-3-7(8)11(9)14;1-8-5-11-6-9-3-2-4-10(9)7-12(11)13(8)14;1-2;/h6H,2-5H2,1H3;6-8H,2-5H2,1H3;1-2H3;1H4. The second kappa shape index (κ2) is 10.6. The summed E-state index contributed by atoms with van der Waals surface area (Å²) in [5.74, 6) is 1.02. The Kier molecular flexibility index (Phi) is 8.43. The van der Waals surface area contributed by atoms with Crippen LogP contribution in [-0.2, 0) is 38.5 Å². The molecule has 0 N–H and O–H groups in total. The van der Waals surface area contributed by atoms with Crippen molar-refractivity contribution in [3.05, 3.63) is 65.6 Å². The van der Waals surface area contributed by atoms with Gasteiger partial charge in [-0.3, -0.25) is 9.59 Å². The summed E-state index contributed by atoms with van der Waals surface area (Å²) < 4.78 is 2.28. The third kappa shape index (κ3) is 4.55. The zero-order valence-electron chi connectivity index (χ0n) is 19.5. The number of carbonyl (C=O) groups is 2. The first-order valence-electron chi connectivity index (χ1n) is 12.1. The largest absolute Gasteiger partial charge is 0.294 e. The van der Waals surface area contributed by atoms with E-state index >= 15 is 0 Å². The summed E-state index contributed by atoms with van der Waals surface area (Å²) in [6, 6.07) is 4.43. The minimum absolute atomic E-state index is 0. The number of hydrogen-bond donors (Lipinski definition) is 0. The van der Waals surface area contributed by atoms with E-state index in [-0.39, 0.29) is 19.3 Å². The van der Waals surface area contributed by atoms with Crippen LogP contribution < -0.4 is 0 Å². The number of aryl methyl sites for hydroxylation is 2. The lowest BCUT2D eigenvalue weighted by atomic mass is 10.0. The molecule has 0 amide bonds. The molecule has 4 heteroatoms. The number of halogens is 2. The molecule has 0 spiro atoms. The molecule has 0 heterocycles. The number of carbonyl (C=O) groups excluding carboxylic acids is 2.